The number of hydrogen-bond donors (Lipinski definition) is 2. The average Bonchev–Trinajstić information content (AvgIpc) is 3.18. The molecular formula is C21H20N4. The fourth-order valence-corrected chi connectivity index (χ4v) is 4.02. The van der Waals surface area contributed by atoms with Gasteiger partial charge in [-0.25, -0.2) is 5.43 Å². The maximum Gasteiger partial charge on any atom is 0.0988 e. The van der Waals surface area contributed by atoms with E-state index in [2.05, 4.69) is 46.7 Å². The van der Waals surface area contributed by atoms with Gasteiger partial charge in [-0.05, 0) is 66.2 Å². The van der Waals surface area contributed by atoms with E-state index in [9.17, 15) is 0 Å². The summed E-state index contributed by atoms with van der Waals surface area (Å²) in [6.07, 6.45) is 12.7. The molecule has 0 saturated heterocycles. The number of fused-ring (bicyclic) bond motifs is 2. The van der Waals surface area contributed by atoms with Crippen LogP contribution in [0.25, 0.3) is 10.9 Å². The van der Waals surface area contributed by atoms with E-state index in [4.69, 9.17) is 5.26 Å². The van der Waals surface area contributed by atoms with E-state index in [-0.39, 0.29) is 6.04 Å². The van der Waals surface area contributed by atoms with Crippen LogP contribution in [0, 0.1) is 18.3 Å². The molecule has 1 aromatic heterocycles. The van der Waals surface area contributed by atoms with Crippen molar-refractivity contribution in [2.45, 2.75) is 38.3 Å². The molecule has 5 rings (SSSR count). The molecular weight excluding hydrogens is 308 g/mol. The molecule has 1 saturated carbocycles. The summed E-state index contributed by atoms with van der Waals surface area (Å²) in [5.74, 6) is 0.718. The van der Waals surface area contributed by atoms with Crippen LogP contribution in [0.4, 0.5) is 0 Å². The number of aromatic nitrogens is 1. The van der Waals surface area contributed by atoms with Gasteiger partial charge in [0.15, 0.2) is 0 Å². The van der Waals surface area contributed by atoms with Crippen LogP contribution in [-0.4, -0.2) is 16.0 Å². The fourth-order valence-electron chi connectivity index (χ4n) is 4.02. The van der Waals surface area contributed by atoms with Gasteiger partial charge in [-0.3, -0.25) is 0 Å². The average molecular weight is 328 g/mol. The highest BCUT2D eigenvalue weighted by atomic mass is 15.5. The maximum atomic E-state index is 9.10. The van der Waals surface area contributed by atoms with E-state index in [1.54, 1.807) is 0 Å². The van der Waals surface area contributed by atoms with E-state index in [0.29, 0.717) is 0 Å². The van der Waals surface area contributed by atoms with E-state index in [0.717, 1.165) is 18.0 Å². The SMILES string of the molecule is Cc1cc(C2CC2)c(CN2C=C3C=CC(C#N)=CC3N2)c2cc[nH]c12. The molecule has 2 N–H and O–H groups in total. The van der Waals surface area contributed by atoms with Gasteiger partial charge >= 0.3 is 0 Å². The van der Waals surface area contributed by atoms with Crippen molar-refractivity contribution >= 4 is 10.9 Å². The van der Waals surface area contributed by atoms with Gasteiger partial charge < -0.3 is 9.99 Å². The lowest BCUT2D eigenvalue weighted by Crippen LogP contribution is -2.35. The summed E-state index contributed by atoms with van der Waals surface area (Å²) in [7, 11) is 0. The first kappa shape index (κ1) is 14.6. The number of rotatable bonds is 3. The zero-order chi connectivity index (χ0) is 17.0. The predicted molar refractivity (Wildman–Crippen MR) is 98.4 cm³/mol. The first-order valence-corrected chi connectivity index (χ1v) is 8.87. The molecule has 1 fully saturated rings. The number of aromatic amines is 1. The normalized spacial score (nSPS) is 21.9. The predicted octanol–water partition coefficient (Wildman–Crippen LogP) is 3.95. The van der Waals surface area contributed by atoms with E-state index < -0.39 is 0 Å². The summed E-state index contributed by atoms with van der Waals surface area (Å²) < 4.78 is 0. The smallest absolute Gasteiger partial charge is 0.0988 e. The Morgan fingerprint density at radius 2 is 2.20 bits per heavy atom. The molecule has 2 aromatic rings. The minimum atomic E-state index is 0.108. The summed E-state index contributed by atoms with van der Waals surface area (Å²) >= 11 is 0. The Labute approximate surface area is 147 Å². The van der Waals surface area contributed by atoms with Gasteiger partial charge in [-0.2, -0.15) is 5.26 Å². The third kappa shape index (κ3) is 2.40. The Bertz CT molecular complexity index is 995. The van der Waals surface area contributed by atoms with Crippen molar-refractivity contribution in [3.8, 4) is 6.07 Å². The van der Waals surface area contributed by atoms with Crippen LogP contribution in [0.3, 0.4) is 0 Å². The Morgan fingerprint density at radius 1 is 1.32 bits per heavy atom. The molecule has 2 heterocycles. The standard InChI is InChI=1S/C21H20N4/c1-13-8-18(15-4-5-15)19(17-6-7-23-21(13)17)12-25-11-16-3-2-14(10-22)9-20(16)24-25/h2-3,6-9,11,15,20,23-24H,4-5,12H2,1H3. The zero-order valence-electron chi connectivity index (χ0n) is 14.2. The number of aryl methyl sites for hydroxylation is 1. The minimum Gasteiger partial charge on any atom is -0.361 e. The van der Waals surface area contributed by atoms with Gasteiger partial charge in [0.2, 0.25) is 0 Å². The quantitative estimate of drug-likeness (QED) is 0.897. The second-order valence-corrected chi connectivity index (χ2v) is 7.23. The molecule has 4 nitrogen and oxygen atoms in total. The monoisotopic (exact) mass is 328 g/mol. The fraction of sp³-hybridized carbons (Fsp3) is 0.286. The Morgan fingerprint density at radius 3 is 3.00 bits per heavy atom. The number of nitrogens with zero attached hydrogens (tertiary/aromatic N) is 2. The number of hydrazine groups is 1. The molecule has 1 unspecified atom stereocenters. The minimum absolute atomic E-state index is 0.108. The lowest BCUT2D eigenvalue weighted by Gasteiger charge is -2.22. The van der Waals surface area contributed by atoms with Crippen molar-refractivity contribution in [3.05, 3.63) is 70.6 Å². The summed E-state index contributed by atoms with van der Waals surface area (Å²) in [4.78, 5) is 3.39. The van der Waals surface area contributed by atoms with Crippen molar-refractivity contribution in [3.63, 3.8) is 0 Å². The molecule has 1 atom stereocenters. The number of benzene rings is 1. The van der Waals surface area contributed by atoms with Crippen LogP contribution in [0.5, 0.6) is 0 Å². The lowest BCUT2D eigenvalue weighted by atomic mass is 9.96. The highest BCUT2D eigenvalue weighted by molar-refractivity contribution is 5.87. The molecule has 0 spiro atoms. The third-order valence-corrected chi connectivity index (χ3v) is 5.43. The molecule has 124 valence electrons. The molecule has 0 bridgehead atoms. The molecule has 1 aromatic carbocycles. The first-order chi connectivity index (χ1) is 12.2. The molecule has 1 aliphatic heterocycles. The van der Waals surface area contributed by atoms with Crippen molar-refractivity contribution in [1.29, 1.82) is 5.26 Å². The molecule has 25 heavy (non-hydrogen) atoms. The van der Waals surface area contributed by atoms with E-state index in [1.807, 2.05) is 24.4 Å². The Balaban J connectivity index is 1.51. The summed E-state index contributed by atoms with van der Waals surface area (Å²) in [6, 6.07) is 6.90. The van der Waals surface area contributed by atoms with Gasteiger partial charge in [0.05, 0.1) is 18.7 Å². The van der Waals surface area contributed by atoms with Gasteiger partial charge in [-0.1, -0.05) is 12.1 Å². The van der Waals surface area contributed by atoms with Crippen LogP contribution in [-0.2, 0) is 6.54 Å². The van der Waals surface area contributed by atoms with Crippen molar-refractivity contribution in [2.75, 3.05) is 0 Å². The third-order valence-electron chi connectivity index (χ3n) is 5.43. The number of hydrogen-bond acceptors (Lipinski definition) is 3. The highest BCUT2D eigenvalue weighted by Crippen LogP contribution is 2.44. The van der Waals surface area contributed by atoms with Crippen molar-refractivity contribution in [2.24, 2.45) is 0 Å². The number of allylic oxidation sites excluding steroid dienone is 2. The number of nitrogens with one attached hydrogen (secondary N) is 2. The lowest BCUT2D eigenvalue weighted by molar-refractivity contribution is 0.280. The Kier molecular flexibility index (Phi) is 3.13. The summed E-state index contributed by atoms with van der Waals surface area (Å²) in [6.45, 7) is 3.03. The molecule has 3 aliphatic rings. The molecule has 4 heteroatoms. The summed E-state index contributed by atoms with van der Waals surface area (Å²) in [5, 5.41) is 12.6. The largest absolute Gasteiger partial charge is 0.361 e. The van der Waals surface area contributed by atoms with E-state index >= 15 is 0 Å². The summed E-state index contributed by atoms with van der Waals surface area (Å²) in [5.41, 5.74) is 10.9. The zero-order valence-corrected chi connectivity index (χ0v) is 14.2. The highest BCUT2D eigenvalue weighted by Gasteiger charge is 2.30. The van der Waals surface area contributed by atoms with Crippen LogP contribution in [0.15, 0.2) is 53.9 Å². The second-order valence-electron chi connectivity index (χ2n) is 7.23. The van der Waals surface area contributed by atoms with Gasteiger partial charge in [0.25, 0.3) is 0 Å². The number of H-pyrrole nitrogens is 1. The maximum absolute atomic E-state index is 9.10. The van der Waals surface area contributed by atoms with Crippen LogP contribution in [0.2, 0.25) is 0 Å². The van der Waals surface area contributed by atoms with Crippen molar-refractivity contribution < 1.29 is 0 Å². The molecule has 0 amide bonds. The van der Waals surface area contributed by atoms with Crippen LogP contribution < -0.4 is 5.43 Å². The van der Waals surface area contributed by atoms with Crippen LogP contribution in [0.1, 0.15) is 35.4 Å². The van der Waals surface area contributed by atoms with Gasteiger partial charge in [0.1, 0.15) is 0 Å². The Hall–Kier alpha value is -2.77. The topological polar surface area (TPSA) is 54.9 Å². The first-order valence-electron chi connectivity index (χ1n) is 8.87. The number of nitriles is 1. The van der Waals surface area contributed by atoms with Gasteiger partial charge in [0, 0.05) is 28.9 Å². The second kappa shape index (κ2) is 5.37. The van der Waals surface area contributed by atoms with E-state index in [1.165, 1.54) is 46.0 Å². The molecule has 2 aliphatic carbocycles. The van der Waals surface area contributed by atoms with Crippen molar-refractivity contribution in [1.82, 2.24) is 15.4 Å². The van der Waals surface area contributed by atoms with Crippen LogP contribution >= 0.6 is 0 Å². The van der Waals surface area contributed by atoms with Gasteiger partial charge in [-0.15, -0.1) is 0 Å². The molecule has 0 radical (unpaired) electrons.